The fourth-order valence-electron chi connectivity index (χ4n) is 2.56. The molecule has 2 aliphatic rings. The number of hydrogen-bond acceptors (Lipinski definition) is 4. The zero-order valence-corrected chi connectivity index (χ0v) is 11.1. The fourth-order valence-corrected chi connectivity index (χ4v) is 2.56. The number of primary amides is 1. The summed E-state index contributed by atoms with van der Waals surface area (Å²) in [6.45, 7) is 0.988. The highest BCUT2D eigenvalue weighted by molar-refractivity contribution is 5.87. The van der Waals surface area contributed by atoms with E-state index in [1.165, 1.54) is 4.90 Å². The molecule has 0 spiro atoms. The second kappa shape index (κ2) is 5.66. The van der Waals surface area contributed by atoms with Crippen LogP contribution in [0.4, 0.5) is 4.79 Å². The Bertz CT molecular complexity index is 419. The highest BCUT2D eigenvalue weighted by Gasteiger charge is 2.45. The summed E-state index contributed by atoms with van der Waals surface area (Å²) in [6, 6.07) is -0.483. The van der Waals surface area contributed by atoms with Gasteiger partial charge in [-0.25, -0.2) is 9.59 Å². The van der Waals surface area contributed by atoms with E-state index < -0.39 is 23.4 Å². The summed E-state index contributed by atoms with van der Waals surface area (Å²) >= 11 is 0. The van der Waals surface area contributed by atoms with Crippen molar-refractivity contribution in [2.75, 3.05) is 26.3 Å². The fraction of sp³-hybridized carbons (Fsp3) is 0.750. The van der Waals surface area contributed by atoms with Gasteiger partial charge in [0.2, 0.25) is 5.91 Å². The first-order valence-corrected chi connectivity index (χ1v) is 6.62. The average Bonchev–Trinajstić information content (AvgIpc) is 2.88. The predicted octanol–water partition coefficient (Wildman–Crippen LogP) is -0.863. The molecule has 2 rings (SSSR count). The number of piperidine rings is 1. The number of nitrogens with one attached hydrogen (secondary N) is 1. The number of aliphatic carboxylic acids is 1. The number of carboxylic acid groups (broad SMARTS) is 1. The molecule has 0 radical (unpaired) electrons. The van der Waals surface area contributed by atoms with Crippen LogP contribution in [0.2, 0.25) is 0 Å². The van der Waals surface area contributed by atoms with E-state index in [9.17, 15) is 19.5 Å². The van der Waals surface area contributed by atoms with Gasteiger partial charge in [-0.1, -0.05) is 0 Å². The van der Waals surface area contributed by atoms with Gasteiger partial charge in [-0.15, -0.1) is 0 Å². The first-order chi connectivity index (χ1) is 9.44. The van der Waals surface area contributed by atoms with Gasteiger partial charge in [-0.2, -0.15) is 0 Å². The van der Waals surface area contributed by atoms with Gasteiger partial charge in [0.25, 0.3) is 0 Å². The van der Waals surface area contributed by atoms with Gasteiger partial charge in [0.1, 0.15) is 0 Å². The maximum atomic E-state index is 12.2. The molecule has 0 aromatic rings. The van der Waals surface area contributed by atoms with E-state index >= 15 is 0 Å². The van der Waals surface area contributed by atoms with Crippen LogP contribution in [0.25, 0.3) is 0 Å². The number of amides is 3. The number of likely N-dealkylation sites (tertiary alicyclic amines) is 1. The van der Waals surface area contributed by atoms with Crippen LogP contribution in [0.1, 0.15) is 19.3 Å². The minimum atomic E-state index is -1.36. The van der Waals surface area contributed by atoms with Crippen molar-refractivity contribution in [2.24, 2.45) is 11.7 Å². The smallest absolute Gasteiger partial charge is 0.332 e. The molecular weight excluding hydrogens is 266 g/mol. The second-order valence-electron chi connectivity index (χ2n) is 5.31. The molecule has 8 nitrogen and oxygen atoms in total. The van der Waals surface area contributed by atoms with Crippen LogP contribution in [0.5, 0.6) is 0 Å². The Hall–Kier alpha value is -1.83. The van der Waals surface area contributed by atoms with Crippen LogP contribution in [0, 0.1) is 5.92 Å². The second-order valence-corrected chi connectivity index (χ2v) is 5.31. The van der Waals surface area contributed by atoms with Crippen LogP contribution >= 0.6 is 0 Å². The van der Waals surface area contributed by atoms with E-state index in [4.69, 9.17) is 10.5 Å². The lowest BCUT2D eigenvalue weighted by atomic mass is 9.97. The lowest BCUT2D eigenvalue weighted by Crippen LogP contribution is -2.59. The Kier molecular flexibility index (Phi) is 4.12. The van der Waals surface area contributed by atoms with Gasteiger partial charge in [-0.3, -0.25) is 4.79 Å². The largest absolute Gasteiger partial charge is 0.479 e. The maximum Gasteiger partial charge on any atom is 0.332 e. The Morgan fingerprint density at radius 1 is 1.40 bits per heavy atom. The van der Waals surface area contributed by atoms with Crippen molar-refractivity contribution in [1.29, 1.82) is 0 Å². The van der Waals surface area contributed by atoms with Crippen molar-refractivity contribution >= 4 is 17.9 Å². The summed E-state index contributed by atoms with van der Waals surface area (Å²) in [5, 5.41) is 11.8. The van der Waals surface area contributed by atoms with Crippen LogP contribution in [0.3, 0.4) is 0 Å². The highest BCUT2D eigenvalue weighted by Crippen LogP contribution is 2.21. The van der Waals surface area contributed by atoms with Gasteiger partial charge in [0, 0.05) is 26.1 Å². The molecule has 3 amide bonds. The summed E-state index contributed by atoms with van der Waals surface area (Å²) in [5.74, 6) is -1.90. The van der Waals surface area contributed by atoms with E-state index in [1.54, 1.807) is 0 Å². The first-order valence-electron chi connectivity index (χ1n) is 6.62. The minimum Gasteiger partial charge on any atom is -0.479 e. The number of carboxylic acids is 1. The number of nitrogens with two attached hydrogens (primary N) is 1. The highest BCUT2D eigenvalue weighted by atomic mass is 16.5. The molecule has 2 unspecified atom stereocenters. The molecule has 0 saturated carbocycles. The van der Waals surface area contributed by atoms with Gasteiger partial charge < -0.3 is 25.8 Å². The molecule has 0 aromatic heterocycles. The summed E-state index contributed by atoms with van der Waals surface area (Å²) in [6.07, 6.45) is 1.57. The monoisotopic (exact) mass is 285 g/mol. The minimum absolute atomic E-state index is 0.0405. The van der Waals surface area contributed by atoms with Crippen molar-refractivity contribution < 1.29 is 24.2 Å². The molecule has 2 saturated heterocycles. The number of carbonyl (C=O) groups excluding carboxylic acids is 2. The Labute approximate surface area is 116 Å². The van der Waals surface area contributed by atoms with Crippen LogP contribution in [0.15, 0.2) is 0 Å². The molecule has 4 N–H and O–H groups in total. The number of nitrogens with zero attached hydrogens (tertiary/aromatic N) is 1. The van der Waals surface area contributed by atoms with Gasteiger partial charge in [0.15, 0.2) is 5.54 Å². The molecule has 2 fully saturated rings. The number of carbonyl (C=O) groups is 3. The molecule has 112 valence electrons. The SMILES string of the molecule is NC(=O)C1CCCN(C(=O)NC2(C(=O)O)CCOC2)C1. The molecule has 0 aliphatic carbocycles. The van der Waals surface area contributed by atoms with Gasteiger partial charge in [-0.05, 0) is 12.8 Å². The summed E-state index contributed by atoms with van der Waals surface area (Å²) in [4.78, 5) is 36.1. The third-order valence-electron chi connectivity index (χ3n) is 3.89. The number of ether oxygens (including phenoxy) is 1. The molecule has 0 bridgehead atoms. The third kappa shape index (κ3) is 2.84. The van der Waals surface area contributed by atoms with Crippen LogP contribution in [-0.2, 0) is 14.3 Å². The van der Waals surface area contributed by atoms with Crippen molar-refractivity contribution in [2.45, 2.75) is 24.8 Å². The normalized spacial score (nSPS) is 30.0. The van der Waals surface area contributed by atoms with Crippen molar-refractivity contribution in [3.8, 4) is 0 Å². The molecule has 0 aromatic carbocycles. The maximum absolute atomic E-state index is 12.2. The van der Waals surface area contributed by atoms with E-state index in [1.807, 2.05) is 0 Å². The number of urea groups is 1. The Morgan fingerprint density at radius 2 is 2.15 bits per heavy atom. The lowest BCUT2D eigenvalue weighted by molar-refractivity contribution is -0.144. The molecule has 2 atom stereocenters. The quantitative estimate of drug-likeness (QED) is 0.622. The molecule has 2 aliphatic heterocycles. The first kappa shape index (κ1) is 14.6. The summed E-state index contributed by atoms with van der Waals surface area (Å²) < 4.78 is 5.08. The topological polar surface area (TPSA) is 122 Å². The number of rotatable bonds is 3. The zero-order chi connectivity index (χ0) is 14.8. The molecular formula is C12H19N3O5. The summed E-state index contributed by atoms with van der Waals surface area (Å²) in [7, 11) is 0. The van der Waals surface area contributed by atoms with E-state index in [-0.39, 0.29) is 25.5 Å². The summed E-state index contributed by atoms with van der Waals surface area (Å²) in [5.41, 5.74) is 3.89. The van der Waals surface area contributed by atoms with Crippen molar-refractivity contribution in [3.05, 3.63) is 0 Å². The van der Waals surface area contributed by atoms with E-state index in [0.29, 0.717) is 26.0 Å². The van der Waals surface area contributed by atoms with Crippen LogP contribution < -0.4 is 11.1 Å². The predicted molar refractivity (Wildman–Crippen MR) is 67.8 cm³/mol. The third-order valence-corrected chi connectivity index (χ3v) is 3.89. The van der Waals surface area contributed by atoms with Crippen molar-refractivity contribution in [1.82, 2.24) is 10.2 Å². The molecule has 2 heterocycles. The molecule has 8 heteroatoms. The van der Waals surface area contributed by atoms with E-state index in [0.717, 1.165) is 0 Å². The average molecular weight is 285 g/mol. The van der Waals surface area contributed by atoms with Crippen LogP contribution in [-0.4, -0.2) is 59.8 Å². The Morgan fingerprint density at radius 3 is 2.70 bits per heavy atom. The Balaban J connectivity index is 2.00. The van der Waals surface area contributed by atoms with E-state index in [2.05, 4.69) is 5.32 Å². The zero-order valence-electron chi connectivity index (χ0n) is 11.1. The lowest BCUT2D eigenvalue weighted by Gasteiger charge is -2.34. The molecule has 20 heavy (non-hydrogen) atoms. The van der Waals surface area contributed by atoms with Gasteiger partial charge >= 0.3 is 12.0 Å². The standard InChI is InChI=1S/C12H19N3O5/c13-9(16)8-2-1-4-15(6-8)11(19)14-12(10(17)18)3-5-20-7-12/h8H,1-7H2,(H2,13,16)(H,14,19)(H,17,18). The van der Waals surface area contributed by atoms with Gasteiger partial charge in [0.05, 0.1) is 12.5 Å². The van der Waals surface area contributed by atoms with Crippen molar-refractivity contribution in [3.63, 3.8) is 0 Å². The number of hydrogen-bond donors (Lipinski definition) is 3.